The summed E-state index contributed by atoms with van der Waals surface area (Å²) in [4.78, 5) is 23.9. The molecule has 1 aliphatic carbocycles. The second-order valence-electron chi connectivity index (χ2n) is 6.72. The summed E-state index contributed by atoms with van der Waals surface area (Å²) in [5.74, 6) is 0.147. The van der Waals surface area contributed by atoms with E-state index in [0.717, 1.165) is 24.8 Å². The van der Waals surface area contributed by atoms with Crippen LogP contribution in [0.25, 0.3) is 0 Å². The molecule has 0 aliphatic heterocycles. The molecule has 4 N–H and O–H groups in total. The zero-order chi connectivity index (χ0) is 17.4. The number of nitrogens with one attached hydrogen (secondary N) is 2. The van der Waals surface area contributed by atoms with Crippen LogP contribution in [0.3, 0.4) is 0 Å². The van der Waals surface area contributed by atoms with Crippen LogP contribution in [0.15, 0.2) is 24.3 Å². The summed E-state index contributed by atoms with van der Waals surface area (Å²) in [6.45, 7) is 2.69. The summed E-state index contributed by atoms with van der Waals surface area (Å²) in [5, 5.41) is 5.73. The summed E-state index contributed by atoms with van der Waals surface area (Å²) < 4.78 is 0. The topological polar surface area (TPSA) is 84.2 Å². The smallest absolute Gasteiger partial charge is 0.239 e. The molecule has 5 nitrogen and oxygen atoms in total. The lowest BCUT2D eigenvalue weighted by molar-refractivity contribution is -0.126. The minimum atomic E-state index is -0.121. The third-order valence-corrected chi connectivity index (χ3v) is 4.77. The van der Waals surface area contributed by atoms with Gasteiger partial charge in [-0.15, -0.1) is 0 Å². The fourth-order valence-electron chi connectivity index (χ4n) is 3.22. The van der Waals surface area contributed by atoms with Crippen LogP contribution >= 0.6 is 0 Å². The number of hydrogen-bond donors (Lipinski definition) is 3. The van der Waals surface area contributed by atoms with Gasteiger partial charge in [0.25, 0.3) is 0 Å². The summed E-state index contributed by atoms with van der Waals surface area (Å²) in [5.41, 5.74) is 8.11. The highest BCUT2D eigenvalue weighted by Gasteiger charge is 2.25. The standard InChI is InChI=1S/C19H29N3O2/c1-14-6-8-15(9-7-14)10-11-18(23)21-13-19(24)22-17-5-3-2-4-16(17)12-20/h6-9,16-17H,2-5,10-13,20H2,1H3,(H,21,23)(H,22,24). The Labute approximate surface area is 144 Å². The molecule has 0 saturated heterocycles. The predicted molar refractivity (Wildman–Crippen MR) is 95.5 cm³/mol. The average Bonchev–Trinajstić information content (AvgIpc) is 2.60. The number of benzene rings is 1. The van der Waals surface area contributed by atoms with Gasteiger partial charge in [-0.05, 0) is 44.2 Å². The highest BCUT2D eigenvalue weighted by Crippen LogP contribution is 2.23. The lowest BCUT2D eigenvalue weighted by Gasteiger charge is -2.31. The second kappa shape index (κ2) is 9.42. The number of amides is 2. The van der Waals surface area contributed by atoms with Gasteiger partial charge in [-0.2, -0.15) is 0 Å². The van der Waals surface area contributed by atoms with Gasteiger partial charge in [-0.25, -0.2) is 0 Å². The maximum Gasteiger partial charge on any atom is 0.239 e. The van der Waals surface area contributed by atoms with Crippen molar-refractivity contribution in [3.8, 4) is 0 Å². The number of nitrogens with two attached hydrogens (primary N) is 1. The molecule has 1 aromatic rings. The third kappa shape index (κ3) is 5.96. The van der Waals surface area contributed by atoms with Crippen LogP contribution in [0.2, 0.25) is 0 Å². The lowest BCUT2D eigenvalue weighted by atomic mass is 9.84. The van der Waals surface area contributed by atoms with E-state index in [-0.39, 0.29) is 24.4 Å². The molecule has 2 atom stereocenters. The zero-order valence-electron chi connectivity index (χ0n) is 14.5. The Morgan fingerprint density at radius 1 is 1.12 bits per heavy atom. The van der Waals surface area contributed by atoms with Crippen molar-refractivity contribution in [2.24, 2.45) is 11.7 Å². The minimum absolute atomic E-state index is 0.0422. The van der Waals surface area contributed by atoms with Crippen LogP contribution in [-0.2, 0) is 16.0 Å². The van der Waals surface area contributed by atoms with Gasteiger partial charge in [0.1, 0.15) is 0 Å². The Balaban J connectivity index is 1.67. The first-order valence-corrected chi connectivity index (χ1v) is 8.90. The van der Waals surface area contributed by atoms with E-state index in [1.54, 1.807) is 0 Å². The second-order valence-corrected chi connectivity index (χ2v) is 6.72. The fourth-order valence-corrected chi connectivity index (χ4v) is 3.22. The first-order chi connectivity index (χ1) is 11.6. The molecule has 1 saturated carbocycles. The summed E-state index contributed by atoms with van der Waals surface area (Å²) >= 11 is 0. The van der Waals surface area contributed by atoms with Gasteiger partial charge in [0, 0.05) is 12.5 Å². The van der Waals surface area contributed by atoms with Gasteiger partial charge in [-0.1, -0.05) is 42.7 Å². The molecule has 0 aromatic heterocycles. The molecular weight excluding hydrogens is 302 g/mol. The van der Waals surface area contributed by atoms with E-state index in [1.807, 2.05) is 31.2 Å². The van der Waals surface area contributed by atoms with Gasteiger partial charge >= 0.3 is 0 Å². The van der Waals surface area contributed by atoms with Crippen LogP contribution in [0, 0.1) is 12.8 Å². The monoisotopic (exact) mass is 331 g/mol. The van der Waals surface area contributed by atoms with Gasteiger partial charge in [0.15, 0.2) is 0 Å². The van der Waals surface area contributed by atoms with Crippen LogP contribution in [0.1, 0.15) is 43.2 Å². The maximum absolute atomic E-state index is 12.0. The Bertz CT molecular complexity index is 542. The Kier molecular flexibility index (Phi) is 7.25. The van der Waals surface area contributed by atoms with Crippen molar-refractivity contribution < 1.29 is 9.59 Å². The third-order valence-electron chi connectivity index (χ3n) is 4.77. The van der Waals surface area contributed by atoms with E-state index in [9.17, 15) is 9.59 Å². The van der Waals surface area contributed by atoms with Crippen molar-refractivity contribution in [1.29, 1.82) is 0 Å². The molecule has 1 fully saturated rings. The molecule has 2 amide bonds. The van der Waals surface area contributed by atoms with Gasteiger partial charge in [-0.3, -0.25) is 9.59 Å². The largest absolute Gasteiger partial charge is 0.352 e. The summed E-state index contributed by atoms with van der Waals surface area (Å²) in [6.07, 6.45) is 5.45. The molecule has 132 valence electrons. The maximum atomic E-state index is 12.0. The van der Waals surface area contributed by atoms with Crippen LogP contribution in [0.5, 0.6) is 0 Å². The molecule has 1 aromatic carbocycles. The molecule has 5 heteroatoms. The number of hydrogen-bond acceptors (Lipinski definition) is 3. The highest BCUT2D eigenvalue weighted by atomic mass is 16.2. The summed E-state index contributed by atoms with van der Waals surface area (Å²) in [6, 6.07) is 8.30. The van der Waals surface area contributed by atoms with Crippen LogP contribution in [0.4, 0.5) is 0 Å². The van der Waals surface area contributed by atoms with E-state index >= 15 is 0 Å². The quantitative estimate of drug-likeness (QED) is 0.711. The molecule has 0 spiro atoms. The highest BCUT2D eigenvalue weighted by molar-refractivity contribution is 5.84. The molecule has 0 bridgehead atoms. The molecule has 24 heavy (non-hydrogen) atoms. The normalized spacial score (nSPS) is 20.4. The Hall–Kier alpha value is -1.88. The average molecular weight is 331 g/mol. The lowest BCUT2D eigenvalue weighted by Crippen LogP contribution is -2.48. The van der Waals surface area contributed by atoms with Crippen molar-refractivity contribution in [3.63, 3.8) is 0 Å². The molecule has 0 radical (unpaired) electrons. The van der Waals surface area contributed by atoms with Crippen molar-refractivity contribution in [2.75, 3.05) is 13.1 Å². The van der Waals surface area contributed by atoms with Crippen molar-refractivity contribution in [1.82, 2.24) is 10.6 Å². The van der Waals surface area contributed by atoms with Crippen molar-refractivity contribution in [2.45, 2.75) is 51.5 Å². The number of rotatable bonds is 7. The van der Waals surface area contributed by atoms with Gasteiger partial charge in [0.05, 0.1) is 6.54 Å². The van der Waals surface area contributed by atoms with Gasteiger partial charge < -0.3 is 16.4 Å². The minimum Gasteiger partial charge on any atom is -0.352 e. The summed E-state index contributed by atoms with van der Waals surface area (Å²) in [7, 11) is 0. The first kappa shape index (κ1) is 18.5. The molecule has 1 aliphatic rings. The fraction of sp³-hybridized carbons (Fsp3) is 0.579. The SMILES string of the molecule is Cc1ccc(CCC(=O)NCC(=O)NC2CCCCC2CN)cc1. The predicted octanol–water partition coefficient (Wildman–Crippen LogP) is 1.68. The number of aryl methyl sites for hydroxylation is 2. The molecule has 0 heterocycles. The zero-order valence-corrected chi connectivity index (χ0v) is 14.5. The number of carbonyl (C=O) groups is 2. The number of carbonyl (C=O) groups excluding carboxylic acids is 2. The van der Waals surface area contributed by atoms with Crippen molar-refractivity contribution in [3.05, 3.63) is 35.4 Å². The van der Waals surface area contributed by atoms with E-state index < -0.39 is 0 Å². The van der Waals surface area contributed by atoms with Crippen LogP contribution in [-0.4, -0.2) is 30.9 Å². The Morgan fingerprint density at radius 2 is 1.83 bits per heavy atom. The van der Waals surface area contributed by atoms with E-state index in [2.05, 4.69) is 10.6 Å². The van der Waals surface area contributed by atoms with Crippen molar-refractivity contribution >= 4 is 11.8 Å². The van der Waals surface area contributed by atoms with E-state index in [0.29, 0.717) is 25.3 Å². The Morgan fingerprint density at radius 3 is 2.54 bits per heavy atom. The van der Waals surface area contributed by atoms with E-state index in [1.165, 1.54) is 12.0 Å². The molecule has 2 unspecified atom stereocenters. The van der Waals surface area contributed by atoms with Gasteiger partial charge in [0.2, 0.25) is 11.8 Å². The molecular formula is C19H29N3O2. The van der Waals surface area contributed by atoms with E-state index in [4.69, 9.17) is 5.73 Å². The van der Waals surface area contributed by atoms with Crippen LogP contribution < -0.4 is 16.4 Å². The first-order valence-electron chi connectivity index (χ1n) is 8.90. The molecule has 2 rings (SSSR count).